The highest BCUT2D eigenvalue weighted by Crippen LogP contribution is 2.21. The van der Waals surface area contributed by atoms with Crippen LogP contribution in [0.25, 0.3) is 0 Å². The van der Waals surface area contributed by atoms with E-state index in [1.165, 1.54) is 0 Å². The predicted octanol–water partition coefficient (Wildman–Crippen LogP) is 4.18. The molecule has 0 atom stereocenters. The Kier molecular flexibility index (Phi) is 6.65. The van der Waals surface area contributed by atoms with Gasteiger partial charge in [-0.3, -0.25) is 9.78 Å². The van der Waals surface area contributed by atoms with Crippen LogP contribution in [0.2, 0.25) is 0 Å². The lowest BCUT2D eigenvalue weighted by Gasteiger charge is -2.12. The maximum atomic E-state index is 12.4. The Balaban J connectivity index is 1.30. The summed E-state index contributed by atoms with van der Waals surface area (Å²) >= 11 is 0. The average molecular weight is 431 g/mol. The van der Waals surface area contributed by atoms with Crippen molar-refractivity contribution >= 4 is 17.6 Å². The fourth-order valence-corrected chi connectivity index (χ4v) is 3.13. The van der Waals surface area contributed by atoms with Crippen LogP contribution in [0.15, 0.2) is 66.9 Å². The molecule has 1 aliphatic rings. The van der Waals surface area contributed by atoms with Crippen LogP contribution < -0.4 is 20.7 Å². The number of benzene rings is 2. The zero-order chi connectivity index (χ0) is 22.3. The van der Waals surface area contributed by atoms with Crippen LogP contribution in [0.4, 0.5) is 10.5 Å². The molecule has 3 aromatic rings. The standard InChI is InChI=1S/C25H26N4O3/c1-17-8-9-19(24(30)28-20-10-11-20)14-23(17)29-25(31)27-15-18-5-4-7-22(13-18)32-16-21-6-2-3-12-26-21/h2-9,12-14,20H,10-11,15-16H2,1H3,(H,28,30)(H2,27,29,31). The Morgan fingerprint density at radius 2 is 1.94 bits per heavy atom. The van der Waals surface area contributed by atoms with Crippen molar-refractivity contribution in [3.05, 3.63) is 89.2 Å². The molecule has 0 radical (unpaired) electrons. The van der Waals surface area contributed by atoms with Crippen LogP contribution in [0.3, 0.4) is 0 Å². The van der Waals surface area contributed by atoms with Crippen molar-refractivity contribution < 1.29 is 14.3 Å². The van der Waals surface area contributed by atoms with Crippen LogP contribution in [0.5, 0.6) is 5.75 Å². The zero-order valence-electron chi connectivity index (χ0n) is 17.9. The lowest BCUT2D eigenvalue weighted by Crippen LogP contribution is -2.29. The highest BCUT2D eigenvalue weighted by molar-refractivity contribution is 5.97. The first kappa shape index (κ1) is 21.4. The second-order valence-corrected chi connectivity index (χ2v) is 7.84. The Labute approximate surface area is 187 Å². The van der Waals surface area contributed by atoms with Crippen molar-refractivity contribution in [3.8, 4) is 5.75 Å². The number of hydrogen-bond acceptors (Lipinski definition) is 4. The highest BCUT2D eigenvalue weighted by atomic mass is 16.5. The van der Waals surface area contributed by atoms with E-state index in [1.807, 2.05) is 55.5 Å². The molecule has 7 heteroatoms. The SMILES string of the molecule is Cc1ccc(C(=O)NC2CC2)cc1NC(=O)NCc1cccc(OCc2ccccn2)c1. The van der Waals surface area contributed by atoms with Crippen LogP contribution in [-0.4, -0.2) is 23.0 Å². The number of amides is 3. The van der Waals surface area contributed by atoms with Crippen molar-refractivity contribution in [2.24, 2.45) is 0 Å². The third-order valence-corrected chi connectivity index (χ3v) is 5.12. The fraction of sp³-hybridized carbons (Fsp3) is 0.240. The number of aryl methyl sites for hydroxylation is 1. The van der Waals surface area contributed by atoms with Crippen LogP contribution in [-0.2, 0) is 13.2 Å². The minimum Gasteiger partial charge on any atom is -0.487 e. The Bertz CT molecular complexity index is 1100. The summed E-state index contributed by atoms with van der Waals surface area (Å²) in [7, 11) is 0. The number of aromatic nitrogens is 1. The molecule has 3 N–H and O–H groups in total. The first-order valence-corrected chi connectivity index (χ1v) is 10.6. The van der Waals surface area contributed by atoms with Crippen molar-refractivity contribution in [1.29, 1.82) is 0 Å². The molecular formula is C25H26N4O3. The molecule has 2 aromatic carbocycles. The minimum absolute atomic E-state index is 0.113. The predicted molar refractivity (Wildman–Crippen MR) is 123 cm³/mol. The molecular weight excluding hydrogens is 404 g/mol. The lowest BCUT2D eigenvalue weighted by atomic mass is 10.1. The smallest absolute Gasteiger partial charge is 0.319 e. The van der Waals surface area contributed by atoms with Gasteiger partial charge < -0.3 is 20.7 Å². The van der Waals surface area contributed by atoms with Gasteiger partial charge in [-0.25, -0.2) is 4.79 Å². The van der Waals surface area contributed by atoms with Crippen molar-refractivity contribution in [1.82, 2.24) is 15.6 Å². The van der Waals surface area contributed by atoms with Gasteiger partial charge in [0.05, 0.1) is 5.69 Å². The summed E-state index contributed by atoms with van der Waals surface area (Å²) in [5, 5.41) is 8.64. The first-order valence-electron chi connectivity index (χ1n) is 10.6. The summed E-state index contributed by atoms with van der Waals surface area (Å²) in [5.74, 6) is 0.596. The first-order chi connectivity index (χ1) is 15.6. The van der Waals surface area contributed by atoms with Crippen LogP contribution in [0, 0.1) is 6.92 Å². The van der Waals surface area contributed by atoms with E-state index < -0.39 is 0 Å². The molecule has 0 aliphatic heterocycles. The number of nitrogens with one attached hydrogen (secondary N) is 3. The van der Waals surface area contributed by atoms with Crippen molar-refractivity contribution in [2.75, 3.05) is 5.32 Å². The molecule has 164 valence electrons. The van der Waals surface area contributed by atoms with Crippen molar-refractivity contribution in [3.63, 3.8) is 0 Å². The molecule has 1 aliphatic carbocycles. The van der Waals surface area contributed by atoms with Gasteiger partial charge in [0.2, 0.25) is 0 Å². The molecule has 7 nitrogen and oxygen atoms in total. The van der Waals surface area contributed by atoms with E-state index in [1.54, 1.807) is 18.3 Å². The van der Waals surface area contributed by atoms with Gasteiger partial charge in [-0.2, -0.15) is 0 Å². The number of ether oxygens (including phenoxy) is 1. The van der Waals surface area contributed by atoms with E-state index in [0.717, 1.165) is 29.7 Å². The number of hydrogen-bond donors (Lipinski definition) is 3. The van der Waals surface area contributed by atoms with Gasteiger partial charge in [0, 0.05) is 30.0 Å². The lowest BCUT2D eigenvalue weighted by molar-refractivity contribution is 0.0951. The molecule has 3 amide bonds. The molecule has 4 rings (SSSR count). The summed E-state index contributed by atoms with van der Waals surface area (Å²) in [6.45, 7) is 2.61. The maximum Gasteiger partial charge on any atom is 0.319 e. The van der Waals surface area contributed by atoms with E-state index >= 15 is 0 Å². The Morgan fingerprint density at radius 1 is 1.06 bits per heavy atom. The molecule has 1 fully saturated rings. The number of rotatable bonds is 8. The van der Waals surface area contributed by atoms with Gasteiger partial charge in [-0.15, -0.1) is 0 Å². The average Bonchev–Trinajstić information content (AvgIpc) is 3.63. The van der Waals surface area contributed by atoms with Crippen LogP contribution >= 0.6 is 0 Å². The summed E-state index contributed by atoms with van der Waals surface area (Å²) in [6.07, 6.45) is 3.79. The topological polar surface area (TPSA) is 92.4 Å². The van der Waals surface area contributed by atoms with Gasteiger partial charge in [0.1, 0.15) is 12.4 Å². The number of pyridine rings is 1. The minimum atomic E-state index is -0.340. The monoisotopic (exact) mass is 430 g/mol. The molecule has 1 heterocycles. The van der Waals surface area contributed by atoms with Crippen LogP contribution in [0.1, 0.15) is 40.0 Å². The molecule has 0 bridgehead atoms. The molecule has 32 heavy (non-hydrogen) atoms. The summed E-state index contributed by atoms with van der Waals surface area (Å²) in [6, 6.07) is 18.5. The number of carbonyl (C=O) groups excluding carboxylic acids is 2. The van der Waals surface area contributed by atoms with E-state index in [2.05, 4.69) is 20.9 Å². The van der Waals surface area contributed by atoms with Gasteiger partial charge in [0.25, 0.3) is 5.91 Å². The second-order valence-electron chi connectivity index (χ2n) is 7.84. The van der Waals surface area contributed by atoms with E-state index in [4.69, 9.17) is 4.74 Å². The number of anilines is 1. The van der Waals surface area contributed by atoms with Crippen molar-refractivity contribution in [2.45, 2.75) is 39.0 Å². The Morgan fingerprint density at radius 3 is 2.72 bits per heavy atom. The molecule has 0 spiro atoms. The molecule has 0 unspecified atom stereocenters. The molecule has 1 aromatic heterocycles. The maximum absolute atomic E-state index is 12.4. The van der Waals surface area contributed by atoms with Gasteiger partial charge in [0.15, 0.2) is 0 Å². The third-order valence-electron chi connectivity index (χ3n) is 5.12. The summed E-state index contributed by atoms with van der Waals surface area (Å²) in [5.41, 5.74) is 3.79. The summed E-state index contributed by atoms with van der Waals surface area (Å²) < 4.78 is 5.79. The zero-order valence-corrected chi connectivity index (χ0v) is 17.9. The van der Waals surface area contributed by atoms with Gasteiger partial charge >= 0.3 is 6.03 Å². The van der Waals surface area contributed by atoms with E-state index in [0.29, 0.717) is 30.2 Å². The van der Waals surface area contributed by atoms with Gasteiger partial charge in [-0.05, 0) is 67.3 Å². The summed E-state index contributed by atoms with van der Waals surface area (Å²) in [4.78, 5) is 29.0. The largest absolute Gasteiger partial charge is 0.487 e. The second kappa shape index (κ2) is 9.96. The van der Waals surface area contributed by atoms with E-state index in [9.17, 15) is 9.59 Å². The normalized spacial score (nSPS) is 12.7. The quantitative estimate of drug-likeness (QED) is 0.500. The molecule has 1 saturated carbocycles. The fourth-order valence-electron chi connectivity index (χ4n) is 3.13. The third kappa shape index (κ3) is 6.07. The number of urea groups is 1. The molecule has 0 saturated heterocycles. The Hall–Kier alpha value is -3.87. The number of nitrogens with zero attached hydrogens (tertiary/aromatic N) is 1. The van der Waals surface area contributed by atoms with Gasteiger partial charge in [-0.1, -0.05) is 24.3 Å². The van der Waals surface area contributed by atoms with E-state index in [-0.39, 0.29) is 18.0 Å². The number of carbonyl (C=O) groups is 2. The highest BCUT2D eigenvalue weighted by Gasteiger charge is 2.24.